The van der Waals surface area contributed by atoms with Gasteiger partial charge in [-0.05, 0) is 75.6 Å². The molecule has 1 amide bonds. The van der Waals surface area contributed by atoms with Crippen LogP contribution in [0.5, 0.6) is 0 Å². The third kappa shape index (κ3) is 4.13. The number of pyridine rings is 1. The number of nitrogens with one attached hydrogen (secondary N) is 1. The molecule has 0 atom stereocenters. The van der Waals surface area contributed by atoms with Crippen LogP contribution < -0.4 is 10.3 Å². The smallest absolute Gasteiger partial charge is 0.271 e. The maximum Gasteiger partial charge on any atom is 0.271 e. The quantitative estimate of drug-likeness (QED) is 0.516. The summed E-state index contributed by atoms with van der Waals surface area (Å²) in [6.45, 7) is 8.26. The molecule has 2 aromatic heterocycles. The number of benzene rings is 1. The van der Waals surface area contributed by atoms with E-state index in [1.807, 2.05) is 69.4 Å². The number of rotatable bonds is 5. The molecule has 0 radical (unpaired) electrons. The van der Waals surface area contributed by atoms with Gasteiger partial charge in [0.2, 0.25) is 0 Å². The average Bonchev–Trinajstić information content (AvgIpc) is 3.38. The Kier molecular flexibility index (Phi) is 5.65. The first-order valence-electron chi connectivity index (χ1n) is 10.3. The molecule has 0 bridgehead atoms. The Balaban J connectivity index is 1.43. The highest BCUT2D eigenvalue weighted by Gasteiger charge is 2.13. The number of hydrazone groups is 1. The number of carbonyl (C=O) groups excluding carboxylic acids is 1. The minimum absolute atomic E-state index is 0.215. The van der Waals surface area contributed by atoms with Crippen LogP contribution >= 0.6 is 0 Å². The molecule has 1 aromatic carbocycles. The summed E-state index contributed by atoms with van der Waals surface area (Å²) in [6.07, 6.45) is 6.01. The molecule has 0 saturated carbocycles. The summed E-state index contributed by atoms with van der Waals surface area (Å²) >= 11 is 0. The Morgan fingerprint density at radius 1 is 1.07 bits per heavy atom. The topological polar surface area (TPSA) is 62.5 Å². The Labute approximate surface area is 177 Å². The van der Waals surface area contributed by atoms with E-state index in [0.29, 0.717) is 5.56 Å². The second-order valence-electron chi connectivity index (χ2n) is 7.80. The molecule has 1 fully saturated rings. The van der Waals surface area contributed by atoms with Gasteiger partial charge in [0.15, 0.2) is 0 Å². The first-order valence-corrected chi connectivity index (χ1v) is 10.3. The first kappa shape index (κ1) is 19.9. The molecule has 3 heterocycles. The number of carbonyl (C=O) groups is 1. The number of hydrogen-bond acceptors (Lipinski definition) is 4. The average molecular weight is 402 g/mol. The van der Waals surface area contributed by atoms with E-state index in [0.717, 1.165) is 41.4 Å². The molecule has 0 unspecified atom stereocenters. The van der Waals surface area contributed by atoms with E-state index >= 15 is 0 Å². The predicted molar refractivity (Wildman–Crippen MR) is 121 cm³/mol. The molecule has 30 heavy (non-hydrogen) atoms. The van der Waals surface area contributed by atoms with Crippen molar-refractivity contribution in [2.75, 3.05) is 18.0 Å². The van der Waals surface area contributed by atoms with Gasteiger partial charge in [-0.25, -0.2) is 10.4 Å². The monoisotopic (exact) mass is 401 g/mol. The Morgan fingerprint density at radius 2 is 1.80 bits per heavy atom. The number of aryl methyl sites for hydroxylation is 2. The number of anilines is 1. The van der Waals surface area contributed by atoms with Crippen molar-refractivity contribution in [1.29, 1.82) is 0 Å². The van der Waals surface area contributed by atoms with Crippen LogP contribution in [0.4, 0.5) is 5.69 Å². The fraction of sp³-hybridized carbons (Fsp3) is 0.292. The molecule has 154 valence electrons. The van der Waals surface area contributed by atoms with Gasteiger partial charge in [-0.2, -0.15) is 5.10 Å². The molecule has 0 spiro atoms. The molecular formula is C24H27N5O. The zero-order valence-electron chi connectivity index (χ0n) is 17.7. The molecule has 1 N–H and O–H groups in total. The molecule has 0 aliphatic carbocycles. The maximum absolute atomic E-state index is 12.4. The lowest BCUT2D eigenvalue weighted by Gasteiger charge is -2.17. The Morgan fingerprint density at radius 3 is 2.47 bits per heavy atom. The lowest BCUT2D eigenvalue weighted by atomic mass is 10.2. The molecule has 1 aliphatic rings. The van der Waals surface area contributed by atoms with Gasteiger partial charge in [0.1, 0.15) is 5.82 Å². The number of hydrogen-bond donors (Lipinski definition) is 1. The van der Waals surface area contributed by atoms with Crippen molar-refractivity contribution in [2.24, 2.45) is 5.10 Å². The third-order valence-electron chi connectivity index (χ3n) is 5.57. The van der Waals surface area contributed by atoms with Crippen LogP contribution in [-0.4, -0.2) is 34.8 Å². The fourth-order valence-corrected chi connectivity index (χ4v) is 3.89. The third-order valence-corrected chi connectivity index (χ3v) is 5.57. The lowest BCUT2D eigenvalue weighted by Crippen LogP contribution is -2.19. The predicted octanol–water partition coefficient (Wildman–Crippen LogP) is 4.16. The summed E-state index contributed by atoms with van der Waals surface area (Å²) in [7, 11) is 0. The van der Waals surface area contributed by atoms with E-state index < -0.39 is 0 Å². The van der Waals surface area contributed by atoms with Crippen LogP contribution in [0.2, 0.25) is 0 Å². The largest absolute Gasteiger partial charge is 0.372 e. The Bertz CT molecular complexity index is 1060. The SMILES string of the molecule is Cc1ccc(-n2c(C)cc(/C=N\NC(=O)c3ccc(N4CCCC4)cc3)c2C)nc1. The van der Waals surface area contributed by atoms with E-state index in [4.69, 9.17) is 0 Å². The second-order valence-corrected chi connectivity index (χ2v) is 7.80. The normalized spacial score (nSPS) is 13.9. The van der Waals surface area contributed by atoms with Crippen LogP contribution in [0.3, 0.4) is 0 Å². The number of aromatic nitrogens is 2. The molecule has 6 heteroatoms. The van der Waals surface area contributed by atoms with Gasteiger partial charge in [-0.1, -0.05) is 6.07 Å². The number of nitrogens with zero attached hydrogens (tertiary/aromatic N) is 4. The van der Waals surface area contributed by atoms with E-state index in [1.54, 1.807) is 6.21 Å². The first-order chi connectivity index (χ1) is 14.5. The van der Waals surface area contributed by atoms with Gasteiger partial charge in [-0.3, -0.25) is 4.79 Å². The van der Waals surface area contributed by atoms with Gasteiger partial charge in [0.25, 0.3) is 5.91 Å². The molecule has 1 saturated heterocycles. The summed E-state index contributed by atoms with van der Waals surface area (Å²) in [6, 6.07) is 13.8. The second kappa shape index (κ2) is 8.53. The standard InChI is InChI=1S/C24H27N5O/c1-17-6-11-23(25-15-17)29-18(2)14-21(19(29)3)16-26-27-24(30)20-7-9-22(10-8-20)28-12-4-5-13-28/h6-11,14-16H,4-5,12-13H2,1-3H3,(H,27,30)/b26-16-. The fourth-order valence-electron chi connectivity index (χ4n) is 3.89. The minimum atomic E-state index is -0.215. The van der Waals surface area contributed by atoms with Crippen LogP contribution in [0.25, 0.3) is 5.82 Å². The van der Waals surface area contributed by atoms with Gasteiger partial charge in [0.05, 0.1) is 6.21 Å². The summed E-state index contributed by atoms with van der Waals surface area (Å²) in [5, 5.41) is 4.17. The van der Waals surface area contributed by atoms with Crippen molar-refractivity contribution in [3.05, 3.63) is 76.7 Å². The summed E-state index contributed by atoms with van der Waals surface area (Å²) < 4.78 is 2.08. The molecule has 1 aliphatic heterocycles. The Hall–Kier alpha value is -3.41. The van der Waals surface area contributed by atoms with Crippen molar-refractivity contribution < 1.29 is 4.79 Å². The lowest BCUT2D eigenvalue weighted by molar-refractivity contribution is 0.0955. The molecule has 6 nitrogen and oxygen atoms in total. The van der Waals surface area contributed by atoms with E-state index in [2.05, 4.69) is 25.0 Å². The summed E-state index contributed by atoms with van der Waals surface area (Å²) in [4.78, 5) is 19.3. The van der Waals surface area contributed by atoms with Crippen molar-refractivity contribution >= 4 is 17.8 Å². The van der Waals surface area contributed by atoms with Crippen LogP contribution in [0.1, 0.15) is 45.7 Å². The summed E-state index contributed by atoms with van der Waals surface area (Å²) in [5.74, 6) is 0.658. The van der Waals surface area contributed by atoms with Crippen molar-refractivity contribution in [1.82, 2.24) is 15.0 Å². The van der Waals surface area contributed by atoms with Crippen LogP contribution in [0.15, 0.2) is 53.8 Å². The van der Waals surface area contributed by atoms with Crippen LogP contribution in [-0.2, 0) is 0 Å². The minimum Gasteiger partial charge on any atom is -0.372 e. The van der Waals surface area contributed by atoms with E-state index in [1.165, 1.54) is 18.5 Å². The highest BCUT2D eigenvalue weighted by atomic mass is 16.2. The zero-order chi connectivity index (χ0) is 21.1. The van der Waals surface area contributed by atoms with Crippen molar-refractivity contribution in [3.8, 4) is 5.82 Å². The number of amides is 1. The molecular weight excluding hydrogens is 374 g/mol. The van der Waals surface area contributed by atoms with E-state index in [-0.39, 0.29) is 5.91 Å². The van der Waals surface area contributed by atoms with E-state index in [9.17, 15) is 4.79 Å². The maximum atomic E-state index is 12.4. The molecule has 4 rings (SSSR count). The molecule has 3 aromatic rings. The van der Waals surface area contributed by atoms with Gasteiger partial charge < -0.3 is 9.47 Å². The zero-order valence-corrected chi connectivity index (χ0v) is 17.7. The van der Waals surface area contributed by atoms with Gasteiger partial charge in [-0.15, -0.1) is 0 Å². The highest BCUT2D eigenvalue weighted by Crippen LogP contribution is 2.21. The summed E-state index contributed by atoms with van der Waals surface area (Å²) in [5.41, 5.74) is 8.56. The van der Waals surface area contributed by atoms with Gasteiger partial charge in [0, 0.05) is 47.5 Å². The van der Waals surface area contributed by atoms with Gasteiger partial charge >= 0.3 is 0 Å². The highest BCUT2D eigenvalue weighted by molar-refractivity contribution is 5.95. The van der Waals surface area contributed by atoms with Crippen LogP contribution in [0, 0.1) is 20.8 Å². The van der Waals surface area contributed by atoms with Crippen molar-refractivity contribution in [3.63, 3.8) is 0 Å². The van der Waals surface area contributed by atoms with Crippen molar-refractivity contribution in [2.45, 2.75) is 33.6 Å².